The van der Waals surface area contributed by atoms with Gasteiger partial charge in [0.2, 0.25) is 0 Å². The SMILES string of the molecule is Cc1cc(-c2sc(NC(=O)N3CC(N(C)C)C3)nc2-c2cccc(C#N)c2)cc(C)n1. The Kier molecular flexibility index (Phi) is 5.72. The second-order valence-electron chi connectivity index (χ2n) is 7.98. The van der Waals surface area contributed by atoms with Crippen molar-refractivity contribution < 1.29 is 4.79 Å². The van der Waals surface area contributed by atoms with Crippen LogP contribution in [-0.2, 0) is 0 Å². The topological polar surface area (TPSA) is 85.2 Å². The van der Waals surface area contributed by atoms with E-state index in [1.165, 1.54) is 11.3 Å². The first-order valence-electron chi connectivity index (χ1n) is 10.0. The first kappa shape index (κ1) is 21.0. The zero-order valence-electron chi connectivity index (χ0n) is 18.0. The van der Waals surface area contributed by atoms with E-state index < -0.39 is 0 Å². The molecule has 3 aromatic rings. The van der Waals surface area contributed by atoms with E-state index in [0.717, 1.165) is 33.1 Å². The number of pyridine rings is 1. The molecular weight excluding hydrogens is 408 g/mol. The number of urea groups is 1. The number of rotatable bonds is 4. The zero-order valence-corrected chi connectivity index (χ0v) is 18.8. The number of likely N-dealkylation sites (tertiary alicyclic amines) is 1. The van der Waals surface area contributed by atoms with E-state index in [2.05, 4.69) is 21.3 Å². The predicted molar refractivity (Wildman–Crippen MR) is 123 cm³/mol. The van der Waals surface area contributed by atoms with Gasteiger partial charge in [-0.15, -0.1) is 0 Å². The summed E-state index contributed by atoms with van der Waals surface area (Å²) in [7, 11) is 4.04. The lowest BCUT2D eigenvalue weighted by atomic mass is 10.0. The highest BCUT2D eigenvalue weighted by Crippen LogP contribution is 2.39. The van der Waals surface area contributed by atoms with Crippen LogP contribution in [0.1, 0.15) is 17.0 Å². The molecule has 3 heterocycles. The molecule has 0 saturated carbocycles. The number of benzene rings is 1. The smallest absolute Gasteiger partial charge is 0.321 e. The van der Waals surface area contributed by atoms with Crippen LogP contribution in [0, 0.1) is 25.2 Å². The summed E-state index contributed by atoms with van der Waals surface area (Å²) in [5.41, 5.74) is 4.99. The Labute approximate surface area is 186 Å². The monoisotopic (exact) mass is 432 g/mol. The minimum absolute atomic E-state index is 0.141. The molecule has 0 atom stereocenters. The number of hydrogen-bond donors (Lipinski definition) is 1. The lowest BCUT2D eigenvalue weighted by Crippen LogP contribution is -2.60. The molecule has 1 saturated heterocycles. The number of thiazole rings is 1. The van der Waals surface area contributed by atoms with Gasteiger partial charge in [0.1, 0.15) is 0 Å². The molecule has 0 unspecified atom stereocenters. The van der Waals surface area contributed by atoms with Crippen LogP contribution in [0.15, 0.2) is 36.4 Å². The number of aryl methyl sites for hydroxylation is 2. The molecule has 2 aromatic heterocycles. The van der Waals surface area contributed by atoms with Crippen LogP contribution in [0.2, 0.25) is 0 Å². The Morgan fingerprint density at radius 2 is 1.87 bits per heavy atom. The van der Waals surface area contributed by atoms with Crippen LogP contribution in [0.25, 0.3) is 21.7 Å². The highest BCUT2D eigenvalue weighted by Gasteiger charge is 2.32. The van der Waals surface area contributed by atoms with Crippen molar-refractivity contribution in [3.63, 3.8) is 0 Å². The fraction of sp³-hybridized carbons (Fsp3) is 0.304. The number of likely N-dealkylation sites (N-methyl/N-ethyl adjacent to an activating group) is 1. The Balaban J connectivity index is 1.69. The molecule has 0 bridgehead atoms. The third-order valence-electron chi connectivity index (χ3n) is 5.33. The summed E-state index contributed by atoms with van der Waals surface area (Å²) in [5.74, 6) is 0. The molecule has 2 amide bonds. The van der Waals surface area contributed by atoms with Crippen molar-refractivity contribution in [2.75, 3.05) is 32.5 Å². The van der Waals surface area contributed by atoms with Crippen LogP contribution in [0.5, 0.6) is 0 Å². The molecule has 7 nitrogen and oxygen atoms in total. The van der Waals surface area contributed by atoms with Crippen molar-refractivity contribution >= 4 is 22.5 Å². The summed E-state index contributed by atoms with van der Waals surface area (Å²) in [6.07, 6.45) is 0. The Morgan fingerprint density at radius 3 is 2.52 bits per heavy atom. The summed E-state index contributed by atoms with van der Waals surface area (Å²) < 4.78 is 0. The fourth-order valence-electron chi connectivity index (χ4n) is 3.58. The molecule has 0 radical (unpaired) electrons. The lowest BCUT2D eigenvalue weighted by Gasteiger charge is -2.42. The van der Waals surface area contributed by atoms with Gasteiger partial charge in [0.05, 0.1) is 22.2 Å². The van der Waals surface area contributed by atoms with E-state index in [1.54, 1.807) is 11.0 Å². The highest BCUT2D eigenvalue weighted by molar-refractivity contribution is 7.19. The molecule has 4 rings (SSSR count). The van der Waals surface area contributed by atoms with Crippen LogP contribution >= 0.6 is 11.3 Å². The Hall–Kier alpha value is -3.28. The Morgan fingerprint density at radius 1 is 1.16 bits per heavy atom. The number of carbonyl (C=O) groups excluding carboxylic acids is 1. The van der Waals surface area contributed by atoms with Gasteiger partial charge in [0.25, 0.3) is 0 Å². The van der Waals surface area contributed by atoms with Crippen molar-refractivity contribution in [2.45, 2.75) is 19.9 Å². The number of nitrogens with zero attached hydrogens (tertiary/aromatic N) is 5. The van der Waals surface area contributed by atoms with Crippen LogP contribution in [0.4, 0.5) is 9.93 Å². The maximum absolute atomic E-state index is 12.7. The fourth-order valence-corrected chi connectivity index (χ4v) is 4.55. The third kappa shape index (κ3) is 4.43. The highest BCUT2D eigenvalue weighted by atomic mass is 32.1. The summed E-state index contributed by atoms with van der Waals surface area (Å²) in [6.45, 7) is 5.33. The zero-order chi connectivity index (χ0) is 22.1. The van der Waals surface area contributed by atoms with Crippen molar-refractivity contribution in [2.24, 2.45) is 0 Å². The lowest BCUT2D eigenvalue weighted by molar-refractivity contribution is 0.0942. The minimum Gasteiger partial charge on any atom is -0.321 e. The minimum atomic E-state index is -0.141. The van der Waals surface area contributed by atoms with Gasteiger partial charge in [-0.05, 0) is 57.8 Å². The van der Waals surface area contributed by atoms with Gasteiger partial charge in [-0.3, -0.25) is 10.3 Å². The average molecular weight is 433 g/mol. The molecule has 1 aliphatic rings. The van der Waals surface area contributed by atoms with Gasteiger partial charge in [-0.25, -0.2) is 9.78 Å². The first-order valence-corrected chi connectivity index (χ1v) is 10.8. The van der Waals surface area contributed by atoms with Crippen molar-refractivity contribution in [1.82, 2.24) is 19.8 Å². The number of hydrogen-bond acceptors (Lipinski definition) is 6. The maximum Gasteiger partial charge on any atom is 0.323 e. The molecule has 31 heavy (non-hydrogen) atoms. The van der Waals surface area contributed by atoms with E-state index >= 15 is 0 Å². The van der Waals surface area contributed by atoms with E-state index in [9.17, 15) is 10.1 Å². The summed E-state index contributed by atoms with van der Waals surface area (Å²) in [4.78, 5) is 26.7. The number of amides is 2. The van der Waals surface area contributed by atoms with Crippen molar-refractivity contribution in [3.05, 3.63) is 53.3 Å². The van der Waals surface area contributed by atoms with E-state index in [4.69, 9.17) is 4.98 Å². The van der Waals surface area contributed by atoms with Crippen LogP contribution in [-0.4, -0.2) is 59.0 Å². The third-order valence-corrected chi connectivity index (χ3v) is 6.35. The molecule has 8 heteroatoms. The predicted octanol–water partition coefficient (Wildman–Crippen LogP) is 4.14. The van der Waals surface area contributed by atoms with Gasteiger partial charge >= 0.3 is 6.03 Å². The van der Waals surface area contributed by atoms with E-state index in [-0.39, 0.29) is 6.03 Å². The molecular formula is C23H24N6OS. The largest absolute Gasteiger partial charge is 0.323 e. The van der Waals surface area contributed by atoms with Gasteiger partial charge in [-0.2, -0.15) is 5.26 Å². The molecule has 0 spiro atoms. The van der Waals surface area contributed by atoms with Crippen LogP contribution < -0.4 is 5.32 Å². The van der Waals surface area contributed by atoms with Crippen molar-refractivity contribution in [1.29, 1.82) is 5.26 Å². The average Bonchev–Trinajstić information content (AvgIpc) is 3.09. The molecule has 1 aromatic carbocycles. The van der Waals surface area contributed by atoms with Gasteiger partial charge in [0, 0.05) is 36.1 Å². The second kappa shape index (κ2) is 8.46. The molecule has 158 valence electrons. The van der Waals surface area contributed by atoms with Gasteiger partial charge < -0.3 is 9.80 Å². The van der Waals surface area contributed by atoms with Gasteiger partial charge in [0.15, 0.2) is 5.13 Å². The van der Waals surface area contributed by atoms with E-state index in [0.29, 0.717) is 29.8 Å². The summed E-state index contributed by atoms with van der Waals surface area (Å²) >= 11 is 1.43. The van der Waals surface area contributed by atoms with Gasteiger partial charge in [-0.1, -0.05) is 23.5 Å². The Bertz CT molecular complexity index is 1150. The quantitative estimate of drug-likeness (QED) is 0.670. The standard InChI is InChI=1S/C23H24N6OS/c1-14-8-18(9-15(2)25-14)21-20(17-7-5-6-16(10-17)11-24)26-22(31-21)27-23(30)29-12-19(13-29)28(3)4/h5-10,19H,12-13H2,1-4H3,(H,26,27,30). The summed E-state index contributed by atoms with van der Waals surface area (Å²) in [6, 6.07) is 13.8. The van der Waals surface area contributed by atoms with Crippen molar-refractivity contribution in [3.8, 4) is 27.8 Å². The maximum atomic E-state index is 12.7. The molecule has 1 fully saturated rings. The number of anilines is 1. The van der Waals surface area contributed by atoms with E-state index in [1.807, 2.05) is 58.3 Å². The number of nitrogens with one attached hydrogen (secondary N) is 1. The van der Waals surface area contributed by atoms with Crippen LogP contribution in [0.3, 0.4) is 0 Å². The summed E-state index contributed by atoms with van der Waals surface area (Å²) in [5, 5.41) is 12.8. The normalized spacial score (nSPS) is 13.7. The first-order chi connectivity index (χ1) is 14.8. The molecule has 0 aliphatic carbocycles. The molecule has 1 N–H and O–H groups in total. The molecule has 1 aliphatic heterocycles. The number of carbonyl (C=O) groups is 1. The number of nitriles is 1. The number of aromatic nitrogens is 2. The second-order valence-corrected chi connectivity index (χ2v) is 8.98.